The minimum absolute atomic E-state index is 0.0346. The van der Waals surface area contributed by atoms with Gasteiger partial charge in [-0.25, -0.2) is 4.79 Å². The van der Waals surface area contributed by atoms with E-state index in [0.717, 1.165) is 19.3 Å². The number of aliphatic hydroxyl groups is 1. The van der Waals surface area contributed by atoms with E-state index in [9.17, 15) is 14.7 Å². The lowest BCUT2D eigenvalue weighted by Gasteiger charge is -2.50. The highest BCUT2D eigenvalue weighted by atomic mass is 16.5. The smallest absolute Gasteiger partial charge is 0.333 e. The predicted molar refractivity (Wildman–Crippen MR) is 75.0 cm³/mol. The highest BCUT2D eigenvalue weighted by Gasteiger charge is 2.62. The Morgan fingerprint density at radius 1 is 1.30 bits per heavy atom. The van der Waals surface area contributed by atoms with Gasteiger partial charge < -0.3 is 9.84 Å². The van der Waals surface area contributed by atoms with Gasteiger partial charge in [0.15, 0.2) is 0 Å². The largest absolute Gasteiger partial charge is 0.466 e. The molecule has 2 rings (SSSR count). The lowest BCUT2D eigenvalue weighted by atomic mass is 9.53. The molecule has 0 aromatic heterocycles. The standard InChI is InChI=1S/C16H24O4/c1-10(14(19)20-4)12-5-7-15(3)8-6-13(18)16(15,9-12)11(2)17/h12-13,18H,1,5-9H2,2-4H3. The first-order valence-electron chi connectivity index (χ1n) is 7.25. The first kappa shape index (κ1) is 15.2. The minimum Gasteiger partial charge on any atom is -0.466 e. The van der Waals surface area contributed by atoms with Crippen LogP contribution in [0.5, 0.6) is 0 Å². The zero-order valence-corrected chi connectivity index (χ0v) is 12.6. The second-order valence-electron chi connectivity index (χ2n) is 6.60. The number of esters is 1. The second kappa shape index (κ2) is 4.99. The number of methoxy groups -OCH3 is 1. The molecule has 4 unspecified atom stereocenters. The average molecular weight is 280 g/mol. The van der Waals surface area contributed by atoms with Gasteiger partial charge in [-0.15, -0.1) is 0 Å². The first-order chi connectivity index (χ1) is 9.28. The van der Waals surface area contributed by atoms with Gasteiger partial charge >= 0.3 is 5.97 Å². The van der Waals surface area contributed by atoms with Gasteiger partial charge in [-0.05, 0) is 50.4 Å². The fourth-order valence-corrected chi connectivity index (χ4v) is 4.44. The predicted octanol–water partition coefficient (Wildman–Crippen LogP) is 2.25. The van der Waals surface area contributed by atoms with Crippen molar-refractivity contribution in [2.45, 2.75) is 52.1 Å². The number of carbonyl (C=O) groups excluding carboxylic acids is 2. The molecule has 20 heavy (non-hydrogen) atoms. The molecule has 0 spiro atoms. The summed E-state index contributed by atoms with van der Waals surface area (Å²) in [6.45, 7) is 7.50. The Labute approximate surface area is 120 Å². The lowest BCUT2D eigenvalue weighted by molar-refractivity contribution is -0.148. The summed E-state index contributed by atoms with van der Waals surface area (Å²) in [7, 11) is 1.34. The molecule has 0 radical (unpaired) electrons. The van der Waals surface area contributed by atoms with E-state index in [0.29, 0.717) is 18.4 Å². The van der Waals surface area contributed by atoms with Crippen LogP contribution in [0.15, 0.2) is 12.2 Å². The van der Waals surface area contributed by atoms with Crippen LogP contribution in [0.25, 0.3) is 0 Å². The fourth-order valence-electron chi connectivity index (χ4n) is 4.44. The topological polar surface area (TPSA) is 63.6 Å². The summed E-state index contributed by atoms with van der Waals surface area (Å²) in [6.07, 6.45) is 3.08. The summed E-state index contributed by atoms with van der Waals surface area (Å²) in [4.78, 5) is 24.0. The quantitative estimate of drug-likeness (QED) is 0.636. The Balaban J connectivity index is 2.33. The molecule has 4 nitrogen and oxygen atoms in total. The SMILES string of the molecule is C=C(C(=O)OC)C1CCC2(C)CCC(O)C2(C(C)=O)C1. The van der Waals surface area contributed by atoms with Gasteiger partial charge in [-0.3, -0.25) is 4.79 Å². The van der Waals surface area contributed by atoms with Crippen molar-refractivity contribution in [3.63, 3.8) is 0 Å². The van der Waals surface area contributed by atoms with E-state index < -0.39 is 17.5 Å². The van der Waals surface area contributed by atoms with Crippen LogP contribution < -0.4 is 0 Å². The zero-order chi connectivity index (χ0) is 15.1. The van der Waals surface area contributed by atoms with Crippen molar-refractivity contribution in [2.75, 3.05) is 7.11 Å². The highest BCUT2D eigenvalue weighted by Crippen LogP contribution is 2.63. The number of hydrogen-bond donors (Lipinski definition) is 1. The van der Waals surface area contributed by atoms with Crippen molar-refractivity contribution in [2.24, 2.45) is 16.7 Å². The summed E-state index contributed by atoms with van der Waals surface area (Å²) < 4.78 is 4.74. The fraction of sp³-hybridized carbons (Fsp3) is 0.750. The van der Waals surface area contributed by atoms with Crippen LogP contribution in [0.4, 0.5) is 0 Å². The molecule has 4 atom stereocenters. The number of ketones is 1. The highest BCUT2D eigenvalue weighted by molar-refractivity contribution is 5.89. The van der Waals surface area contributed by atoms with Gasteiger partial charge in [-0.1, -0.05) is 13.5 Å². The average Bonchev–Trinajstić information content (AvgIpc) is 2.70. The molecular weight excluding hydrogens is 256 g/mol. The molecule has 2 fully saturated rings. The third kappa shape index (κ3) is 1.93. The number of fused-ring (bicyclic) bond motifs is 1. The van der Waals surface area contributed by atoms with Gasteiger partial charge in [0.05, 0.1) is 18.6 Å². The molecule has 0 aliphatic heterocycles. The summed E-state index contributed by atoms with van der Waals surface area (Å²) in [5.41, 5.74) is -0.466. The van der Waals surface area contributed by atoms with Crippen LogP contribution in [-0.4, -0.2) is 30.1 Å². The Morgan fingerprint density at radius 2 is 1.90 bits per heavy atom. The van der Waals surface area contributed by atoms with E-state index in [2.05, 4.69) is 13.5 Å². The van der Waals surface area contributed by atoms with Crippen molar-refractivity contribution in [3.8, 4) is 0 Å². The van der Waals surface area contributed by atoms with Crippen molar-refractivity contribution in [3.05, 3.63) is 12.2 Å². The van der Waals surface area contributed by atoms with Gasteiger partial charge in [0.1, 0.15) is 5.78 Å². The summed E-state index contributed by atoms with van der Waals surface area (Å²) in [5.74, 6) is -0.454. The molecule has 2 aliphatic carbocycles. The number of aliphatic hydroxyl groups excluding tert-OH is 1. The molecule has 0 heterocycles. The molecule has 0 bridgehead atoms. The van der Waals surface area contributed by atoms with E-state index in [-0.39, 0.29) is 17.1 Å². The van der Waals surface area contributed by atoms with E-state index in [1.54, 1.807) is 6.92 Å². The Morgan fingerprint density at radius 3 is 2.45 bits per heavy atom. The minimum atomic E-state index is -0.729. The molecule has 4 heteroatoms. The Kier molecular flexibility index (Phi) is 3.80. The molecule has 0 aromatic rings. The van der Waals surface area contributed by atoms with E-state index in [4.69, 9.17) is 4.74 Å². The molecule has 112 valence electrons. The van der Waals surface area contributed by atoms with Crippen molar-refractivity contribution >= 4 is 11.8 Å². The maximum Gasteiger partial charge on any atom is 0.333 e. The lowest BCUT2D eigenvalue weighted by Crippen LogP contribution is -2.52. The van der Waals surface area contributed by atoms with Crippen LogP contribution in [-0.2, 0) is 14.3 Å². The summed E-state index contributed by atoms with van der Waals surface area (Å²) in [5, 5.41) is 10.4. The number of carbonyl (C=O) groups is 2. The van der Waals surface area contributed by atoms with E-state index >= 15 is 0 Å². The van der Waals surface area contributed by atoms with Gasteiger partial charge in [0.25, 0.3) is 0 Å². The van der Waals surface area contributed by atoms with Gasteiger partial charge in [0, 0.05) is 5.57 Å². The Hall–Kier alpha value is -1.16. The Bertz CT molecular complexity index is 455. The maximum absolute atomic E-state index is 12.3. The van der Waals surface area contributed by atoms with Crippen LogP contribution in [0.2, 0.25) is 0 Å². The first-order valence-corrected chi connectivity index (χ1v) is 7.25. The molecule has 0 saturated heterocycles. The molecular formula is C16H24O4. The number of Topliss-reactive ketones (excluding diaryl/α,β-unsaturated/α-hetero) is 1. The van der Waals surface area contributed by atoms with Crippen molar-refractivity contribution in [1.82, 2.24) is 0 Å². The third-order valence-electron chi connectivity index (χ3n) is 5.80. The molecule has 1 N–H and O–H groups in total. The number of rotatable bonds is 3. The number of hydrogen-bond acceptors (Lipinski definition) is 4. The summed E-state index contributed by atoms with van der Waals surface area (Å²) in [6, 6.07) is 0. The summed E-state index contributed by atoms with van der Waals surface area (Å²) >= 11 is 0. The molecule has 0 amide bonds. The zero-order valence-electron chi connectivity index (χ0n) is 12.6. The third-order valence-corrected chi connectivity index (χ3v) is 5.80. The number of ether oxygens (including phenoxy) is 1. The molecule has 2 aliphatic rings. The normalized spacial score (nSPS) is 40.0. The van der Waals surface area contributed by atoms with Gasteiger partial charge in [0.2, 0.25) is 0 Å². The van der Waals surface area contributed by atoms with E-state index in [1.807, 2.05) is 0 Å². The molecule has 0 aromatic carbocycles. The van der Waals surface area contributed by atoms with Crippen LogP contribution in [0, 0.1) is 16.7 Å². The second-order valence-corrected chi connectivity index (χ2v) is 6.60. The van der Waals surface area contributed by atoms with Gasteiger partial charge in [-0.2, -0.15) is 0 Å². The van der Waals surface area contributed by atoms with Crippen LogP contribution >= 0.6 is 0 Å². The van der Waals surface area contributed by atoms with Crippen LogP contribution in [0.3, 0.4) is 0 Å². The van der Waals surface area contributed by atoms with E-state index in [1.165, 1.54) is 7.11 Å². The van der Waals surface area contributed by atoms with Crippen molar-refractivity contribution in [1.29, 1.82) is 0 Å². The maximum atomic E-state index is 12.3. The molecule has 2 saturated carbocycles. The van der Waals surface area contributed by atoms with Crippen molar-refractivity contribution < 1.29 is 19.4 Å². The van der Waals surface area contributed by atoms with Crippen LogP contribution in [0.1, 0.15) is 46.0 Å². The monoisotopic (exact) mass is 280 g/mol.